The van der Waals surface area contributed by atoms with E-state index in [9.17, 15) is 0 Å². The summed E-state index contributed by atoms with van der Waals surface area (Å²) < 4.78 is 1.27. The second-order valence-electron chi connectivity index (χ2n) is 4.60. The van der Waals surface area contributed by atoms with Crippen molar-refractivity contribution in [3.8, 4) is 0 Å². The maximum absolute atomic E-state index is 2.43. The second-order valence-corrected chi connectivity index (χ2v) is 5.68. The predicted octanol–water partition coefficient (Wildman–Crippen LogP) is 6.45. The Hall–Kier alpha value is 0.210. The molecule has 0 aromatic rings. The highest BCUT2D eigenvalue weighted by Crippen LogP contribution is 2.08. The van der Waals surface area contributed by atoms with Crippen molar-refractivity contribution >= 4 is 22.6 Å². The van der Waals surface area contributed by atoms with E-state index in [4.69, 9.17) is 0 Å². The lowest BCUT2D eigenvalue weighted by Crippen LogP contribution is -1.78. The molecule has 0 saturated carbocycles. The molecule has 0 unspecified atom stereocenters. The van der Waals surface area contributed by atoms with Crippen LogP contribution in [0, 0.1) is 0 Å². The summed E-state index contributed by atoms with van der Waals surface area (Å²) in [7, 11) is 0. The molecule has 0 amide bonds. The molecule has 0 N–H and O–H groups in total. The summed E-state index contributed by atoms with van der Waals surface area (Å²) >= 11 is 2.43. The van der Waals surface area contributed by atoms with Gasteiger partial charge in [0.2, 0.25) is 0 Å². The van der Waals surface area contributed by atoms with Gasteiger partial charge in [0.25, 0.3) is 0 Å². The molecular weight excluding hydrogens is 319 g/mol. The van der Waals surface area contributed by atoms with Gasteiger partial charge in [0.15, 0.2) is 0 Å². The van der Waals surface area contributed by atoms with Crippen LogP contribution in [0.3, 0.4) is 0 Å². The lowest BCUT2D eigenvalue weighted by atomic mass is 10.1. The van der Waals surface area contributed by atoms with Crippen molar-refractivity contribution in [3.63, 3.8) is 0 Å². The van der Waals surface area contributed by atoms with E-state index in [2.05, 4.69) is 53.8 Å². The van der Waals surface area contributed by atoms with Crippen LogP contribution in [0.2, 0.25) is 0 Å². The first-order valence-corrected chi connectivity index (χ1v) is 8.82. The van der Waals surface area contributed by atoms with Crippen molar-refractivity contribution in [2.45, 2.75) is 71.1 Å². The third kappa shape index (κ3) is 16.2. The van der Waals surface area contributed by atoms with Crippen molar-refractivity contribution in [1.82, 2.24) is 0 Å². The Morgan fingerprint density at radius 3 is 1.82 bits per heavy atom. The van der Waals surface area contributed by atoms with Crippen molar-refractivity contribution in [1.29, 1.82) is 0 Å². The zero-order valence-electron chi connectivity index (χ0n) is 11.5. The maximum atomic E-state index is 2.43. The van der Waals surface area contributed by atoms with Crippen LogP contribution in [-0.2, 0) is 0 Å². The van der Waals surface area contributed by atoms with Crippen LogP contribution < -0.4 is 0 Å². The first-order valence-electron chi connectivity index (χ1n) is 7.29. The van der Waals surface area contributed by atoms with Crippen molar-refractivity contribution < 1.29 is 0 Å². The van der Waals surface area contributed by atoms with E-state index in [1.54, 1.807) is 0 Å². The molecule has 0 aliphatic rings. The molecule has 0 rings (SSSR count). The van der Waals surface area contributed by atoms with Gasteiger partial charge in [-0.05, 0) is 30.1 Å². The lowest BCUT2D eigenvalue weighted by molar-refractivity contribution is 0.592. The summed E-state index contributed by atoms with van der Waals surface area (Å²) in [5, 5.41) is 0. The van der Waals surface area contributed by atoms with Gasteiger partial charge in [0, 0.05) is 0 Å². The zero-order valence-corrected chi connectivity index (χ0v) is 13.6. The van der Waals surface area contributed by atoms with Gasteiger partial charge >= 0.3 is 0 Å². The summed E-state index contributed by atoms with van der Waals surface area (Å²) in [6, 6.07) is 0. The van der Waals surface area contributed by atoms with Crippen LogP contribution in [0.5, 0.6) is 0 Å². The Labute approximate surface area is 122 Å². The molecule has 0 bridgehead atoms. The average molecular weight is 348 g/mol. The zero-order chi connectivity index (χ0) is 12.6. The molecule has 0 spiro atoms. The van der Waals surface area contributed by atoms with E-state index in [0.717, 1.165) is 0 Å². The number of hydrogen-bond acceptors (Lipinski definition) is 0. The molecule has 0 atom stereocenters. The first kappa shape index (κ1) is 17.2. The third-order valence-corrected chi connectivity index (χ3v) is 3.62. The molecule has 0 aliphatic heterocycles. The van der Waals surface area contributed by atoms with Gasteiger partial charge in [-0.2, -0.15) is 0 Å². The summed E-state index contributed by atoms with van der Waals surface area (Å²) in [5.74, 6) is 0. The van der Waals surface area contributed by atoms with Gasteiger partial charge in [0.1, 0.15) is 0 Å². The highest BCUT2D eigenvalue weighted by Gasteiger charge is 1.88. The van der Waals surface area contributed by atoms with Gasteiger partial charge in [0.05, 0.1) is 0 Å². The minimum absolute atomic E-state index is 1.23. The molecule has 100 valence electrons. The minimum atomic E-state index is 1.23. The second kappa shape index (κ2) is 16.2. The minimum Gasteiger partial charge on any atom is -0.0864 e. The topological polar surface area (TPSA) is 0 Å². The highest BCUT2D eigenvalue weighted by molar-refractivity contribution is 14.1. The Kier molecular flexibility index (Phi) is 16.4. The van der Waals surface area contributed by atoms with Crippen molar-refractivity contribution in [2.75, 3.05) is 4.43 Å². The van der Waals surface area contributed by atoms with E-state index in [-0.39, 0.29) is 0 Å². The van der Waals surface area contributed by atoms with E-state index in [1.165, 1.54) is 68.6 Å². The maximum Gasteiger partial charge on any atom is -0.000178 e. The summed E-state index contributed by atoms with van der Waals surface area (Å²) in [4.78, 5) is 0. The smallest absolute Gasteiger partial charge is 0.000178 e. The number of hydrogen-bond donors (Lipinski definition) is 0. The van der Waals surface area contributed by atoms with E-state index >= 15 is 0 Å². The normalized spacial score (nSPS) is 11.9. The highest BCUT2D eigenvalue weighted by atomic mass is 127. The van der Waals surface area contributed by atoms with Crippen molar-refractivity contribution in [2.24, 2.45) is 0 Å². The molecule has 0 aromatic heterocycles. The fourth-order valence-electron chi connectivity index (χ4n) is 1.76. The standard InChI is InChI=1S/C16H29I/c1-2-3-4-5-6-7-8-9-10-11-12-13-14-15-16-17/h10-13H,2-9,14-16H2,1H3. The summed E-state index contributed by atoms with van der Waals surface area (Å²) in [6.07, 6.45) is 22.6. The monoisotopic (exact) mass is 348 g/mol. The van der Waals surface area contributed by atoms with Gasteiger partial charge in [-0.3, -0.25) is 0 Å². The first-order chi connectivity index (χ1) is 8.41. The van der Waals surface area contributed by atoms with Crippen LogP contribution in [0.15, 0.2) is 24.3 Å². The fraction of sp³-hybridized carbons (Fsp3) is 0.750. The van der Waals surface area contributed by atoms with Gasteiger partial charge in [-0.15, -0.1) is 0 Å². The van der Waals surface area contributed by atoms with Gasteiger partial charge < -0.3 is 0 Å². The number of halogens is 1. The van der Waals surface area contributed by atoms with E-state index in [1.807, 2.05) is 0 Å². The van der Waals surface area contributed by atoms with Crippen LogP contribution >= 0.6 is 22.6 Å². The Morgan fingerprint density at radius 1 is 0.706 bits per heavy atom. The van der Waals surface area contributed by atoms with Crippen LogP contribution in [0.25, 0.3) is 0 Å². The molecule has 0 radical (unpaired) electrons. The molecule has 0 saturated heterocycles. The summed E-state index contributed by atoms with van der Waals surface area (Å²) in [6.45, 7) is 2.28. The molecule has 0 fully saturated rings. The molecule has 17 heavy (non-hydrogen) atoms. The van der Waals surface area contributed by atoms with Crippen molar-refractivity contribution in [3.05, 3.63) is 24.3 Å². The van der Waals surface area contributed by atoms with E-state index in [0.29, 0.717) is 0 Å². The molecular formula is C16H29I. The molecule has 1 heteroatoms. The number of alkyl halides is 1. The Morgan fingerprint density at radius 2 is 1.24 bits per heavy atom. The van der Waals surface area contributed by atoms with Gasteiger partial charge in [-0.1, -0.05) is 92.3 Å². The van der Waals surface area contributed by atoms with Crippen LogP contribution in [0.1, 0.15) is 71.1 Å². The fourth-order valence-corrected chi connectivity index (χ4v) is 2.20. The van der Waals surface area contributed by atoms with Gasteiger partial charge in [-0.25, -0.2) is 0 Å². The molecule has 0 heterocycles. The Bertz CT molecular complexity index is 182. The SMILES string of the molecule is CCCCCCCCCC=CC=CCCCI. The predicted molar refractivity (Wildman–Crippen MR) is 89.0 cm³/mol. The molecule has 0 aromatic carbocycles. The third-order valence-electron chi connectivity index (χ3n) is 2.86. The average Bonchev–Trinajstić information content (AvgIpc) is 2.35. The number of rotatable bonds is 12. The summed E-state index contributed by atoms with van der Waals surface area (Å²) in [5.41, 5.74) is 0. The van der Waals surface area contributed by atoms with Crippen LogP contribution in [-0.4, -0.2) is 4.43 Å². The lowest BCUT2D eigenvalue weighted by Gasteiger charge is -1.98. The van der Waals surface area contributed by atoms with E-state index < -0.39 is 0 Å². The molecule has 0 aliphatic carbocycles. The number of allylic oxidation sites excluding steroid dienone is 4. The molecule has 0 nitrogen and oxygen atoms in total. The quantitative estimate of drug-likeness (QED) is 0.164. The van der Waals surface area contributed by atoms with Crippen LogP contribution in [0.4, 0.5) is 0 Å². The number of unbranched alkanes of at least 4 members (excludes halogenated alkanes) is 8. The Balaban J connectivity index is 3.11. The largest absolute Gasteiger partial charge is 0.0864 e.